The Bertz CT molecular complexity index is 961. The molecule has 2 aromatic rings. The van der Waals surface area contributed by atoms with Gasteiger partial charge in [-0.25, -0.2) is 14.6 Å². The highest BCUT2D eigenvalue weighted by Crippen LogP contribution is 2.23. The molecule has 32 heavy (non-hydrogen) atoms. The molecule has 4 rings (SSSR count). The number of rotatable bonds is 6. The number of nitrogens with zero attached hydrogens (tertiary/aromatic N) is 5. The Labute approximate surface area is 186 Å². The average Bonchev–Trinajstić information content (AvgIpc) is 3.12. The molecule has 2 saturated heterocycles. The molecule has 1 aromatic heterocycles. The van der Waals surface area contributed by atoms with Crippen LogP contribution in [0.4, 0.5) is 21.4 Å². The first-order valence-electron chi connectivity index (χ1n) is 10.8. The lowest BCUT2D eigenvalue weighted by molar-refractivity contribution is 0.103. The maximum atomic E-state index is 12.0. The van der Waals surface area contributed by atoms with E-state index in [1.165, 1.54) is 15.4 Å². The van der Waals surface area contributed by atoms with E-state index in [2.05, 4.69) is 44.5 Å². The fourth-order valence-electron chi connectivity index (χ4n) is 3.93. The van der Waals surface area contributed by atoms with Crippen LogP contribution in [0.2, 0.25) is 0 Å². The third-order valence-electron chi connectivity index (χ3n) is 5.85. The Morgan fingerprint density at radius 1 is 1.22 bits per heavy atom. The molecule has 2 aliphatic rings. The molecular formula is C22H28N6O4. The van der Waals surface area contributed by atoms with Crippen LogP contribution in [0, 0.1) is 0 Å². The molecule has 1 unspecified atom stereocenters. The molecule has 0 aliphatic carbocycles. The van der Waals surface area contributed by atoms with E-state index in [4.69, 9.17) is 9.84 Å². The normalized spacial score (nSPS) is 20.2. The Balaban J connectivity index is 1.34. The molecule has 0 saturated carbocycles. The predicted octanol–water partition coefficient (Wildman–Crippen LogP) is 2.79. The summed E-state index contributed by atoms with van der Waals surface area (Å²) in [7, 11) is 0. The van der Waals surface area contributed by atoms with Crippen molar-refractivity contribution in [2.24, 2.45) is 0 Å². The fourth-order valence-corrected chi connectivity index (χ4v) is 3.93. The number of carbonyl (C=O) groups is 2. The SMILES string of the molecule is CC(Nc1nccc(N2C(=O)OC[C@@H]2C)n1)c1ccc(CN2CCN(C(=O)O)CC2)cc1. The first-order chi connectivity index (χ1) is 15.4. The van der Waals surface area contributed by atoms with Crippen LogP contribution in [0.15, 0.2) is 36.5 Å². The number of hydrogen-bond acceptors (Lipinski definition) is 7. The summed E-state index contributed by atoms with van der Waals surface area (Å²) < 4.78 is 5.08. The van der Waals surface area contributed by atoms with Gasteiger partial charge in [0.25, 0.3) is 0 Å². The second-order valence-corrected chi connectivity index (χ2v) is 8.19. The molecule has 2 aliphatic heterocycles. The smallest absolute Gasteiger partial charge is 0.415 e. The molecule has 0 radical (unpaired) electrons. The molecular weight excluding hydrogens is 412 g/mol. The first kappa shape index (κ1) is 21.8. The number of hydrogen-bond donors (Lipinski definition) is 2. The molecule has 2 amide bonds. The van der Waals surface area contributed by atoms with Gasteiger partial charge in [-0.3, -0.25) is 9.80 Å². The van der Waals surface area contributed by atoms with E-state index < -0.39 is 12.2 Å². The zero-order valence-corrected chi connectivity index (χ0v) is 18.3. The lowest BCUT2D eigenvalue weighted by atomic mass is 10.1. The highest BCUT2D eigenvalue weighted by Gasteiger charge is 2.32. The van der Waals surface area contributed by atoms with Crippen molar-refractivity contribution in [2.45, 2.75) is 32.5 Å². The van der Waals surface area contributed by atoms with Gasteiger partial charge in [0, 0.05) is 38.9 Å². The zero-order valence-electron chi connectivity index (χ0n) is 18.3. The van der Waals surface area contributed by atoms with Gasteiger partial charge in [-0.2, -0.15) is 4.98 Å². The Morgan fingerprint density at radius 3 is 2.56 bits per heavy atom. The van der Waals surface area contributed by atoms with E-state index in [0.717, 1.165) is 25.2 Å². The lowest BCUT2D eigenvalue weighted by Gasteiger charge is -2.33. The first-order valence-corrected chi connectivity index (χ1v) is 10.8. The molecule has 1 aromatic carbocycles. The van der Waals surface area contributed by atoms with Crippen LogP contribution in [-0.2, 0) is 11.3 Å². The number of carboxylic acid groups (broad SMARTS) is 1. The van der Waals surface area contributed by atoms with Crippen LogP contribution in [-0.4, -0.2) is 75.9 Å². The van der Waals surface area contributed by atoms with Crippen molar-refractivity contribution in [2.75, 3.05) is 43.0 Å². The van der Waals surface area contributed by atoms with Crippen molar-refractivity contribution in [3.63, 3.8) is 0 Å². The van der Waals surface area contributed by atoms with Gasteiger partial charge in [0.15, 0.2) is 0 Å². The second kappa shape index (κ2) is 9.39. The number of anilines is 2. The van der Waals surface area contributed by atoms with Gasteiger partial charge in [0.05, 0.1) is 12.1 Å². The lowest BCUT2D eigenvalue weighted by Crippen LogP contribution is -2.47. The predicted molar refractivity (Wildman–Crippen MR) is 119 cm³/mol. The van der Waals surface area contributed by atoms with Gasteiger partial charge in [-0.15, -0.1) is 0 Å². The van der Waals surface area contributed by atoms with Crippen LogP contribution in [0.5, 0.6) is 0 Å². The number of ether oxygens (including phenoxy) is 1. The third-order valence-corrected chi connectivity index (χ3v) is 5.85. The summed E-state index contributed by atoms with van der Waals surface area (Å²) >= 11 is 0. The number of benzene rings is 1. The van der Waals surface area contributed by atoms with E-state index in [1.807, 2.05) is 13.8 Å². The molecule has 0 spiro atoms. The molecule has 0 bridgehead atoms. The molecule has 2 N–H and O–H groups in total. The Hall–Kier alpha value is -3.40. The average molecular weight is 441 g/mol. The van der Waals surface area contributed by atoms with Crippen molar-refractivity contribution in [1.82, 2.24) is 19.8 Å². The zero-order chi connectivity index (χ0) is 22.7. The summed E-state index contributed by atoms with van der Waals surface area (Å²) in [5.74, 6) is 0.963. The minimum atomic E-state index is -0.847. The monoisotopic (exact) mass is 440 g/mol. The quantitative estimate of drug-likeness (QED) is 0.705. The van der Waals surface area contributed by atoms with Crippen molar-refractivity contribution < 1.29 is 19.4 Å². The van der Waals surface area contributed by atoms with Gasteiger partial charge in [-0.1, -0.05) is 24.3 Å². The third kappa shape index (κ3) is 4.91. The Kier molecular flexibility index (Phi) is 6.40. The molecule has 10 nitrogen and oxygen atoms in total. The number of piperazine rings is 1. The highest BCUT2D eigenvalue weighted by atomic mass is 16.6. The van der Waals surface area contributed by atoms with E-state index >= 15 is 0 Å². The summed E-state index contributed by atoms with van der Waals surface area (Å²) in [6, 6.07) is 9.94. The minimum Gasteiger partial charge on any atom is -0.465 e. The summed E-state index contributed by atoms with van der Waals surface area (Å²) in [6.45, 7) is 7.65. The number of nitrogens with one attached hydrogen (secondary N) is 1. The van der Waals surface area contributed by atoms with E-state index in [-0.39, 0.29) is 12.1 Å². The fraction of sp³-hybridized carbons (Fsp3) is 0.455. The van der Waals surface area contributed by atoms with Gasteiger partial charge < -0.3 is 20.1 Å². The van der Waals surface area contributed by atoms with Crippen molar-refractivity contribution in [1.29, 1.82) is 0 Å². The van der Waals surface area contributed by atoms with Gasteiger partial charge in [-0.05, 0) is 31.0 Å². The Morgan fingerprint density at radius 2 is 1.94 bits per heavy atom. The minimum absolute atomic E-state index is 0.0265. The second-order valence-electron chi connectivity index (χ2n) is 8.19. The van der Waals surface area contributed by atoms with Crippen LogP contribution < -0.4 is 10.2 Å². The van der Waals surface area contributed by atoms with Crippen LogP contribution in [0.1, 0.15) is 31.0 Å². The van der Waals surface area contributed by atoms with Crippen LogP contribution in [0.25, 0.3) is 0 Å². The van der Waals surface area contributed by atoms with E-state index in [0.29, 0.717) is 31.5 Å². The molecule has 10 heteroatoms. The van der Waals surface area contributed by atoms with Crippen molar-refractivity contribution in [3.05, 3.63) is 47.7 Å². The maximum absolute atomic E-state index is 12.0. The molecule has 2 atom stereocenters. The summed E-state index contributed by atoms with van der Waals surface area (Å²) in [6.07, 6.45) is 0.387. The number of aromatic nitrogens is 2. The summed E-state index contributed by atoms with van der Waals surface area (Å²) in [5.41, 5.74) is 2.27. The van der Waals surface area contributed by atoms with Gasteiger partial charge >= 0.3 is 12.2 Å². The van der Waals surface area contributed by atoms with E-state index in [1.54, 1.807) is 12.3 Å². The number of amides is 2. The largest absolute Gasteiger partial charge is 0.465 e. The maximum Gasteiger partial charge on any atom is 0.415 e. The van der Waals surface area contributed by atoms with Gasteiger partial charge in [0.1, 0.15) is 12.4 Å². The molecule has 2 fully saturated rings. The standard InChI is InChI=1S/C22H28N6O4/c1-15-14-32-22(31)28(15)19-7-8-23-20(25-19)24-16(2)18-5-3-17(4-6-18)13-26-9-11-27(12-10-26)21(29)30/h3-8,15-16H,9-14H2,1-2H3,(H,29,30)(H,23,24,25)/t15-,16?/m0/s1. The number of carbonyl (C=O) groups excluding carboxylic acids is 1. The molecule has 170 valence electrons. The highest BCUT2D eigenvalue weighted by molar-refractivity contribution is 5.89. The van der Waals surface area contributed by atoms with Gasteiger partial charge in [0.2, 0.25) is 5.95 Å². The van der Waals surface area contributed by atoms with Crippen LogP contribution in [0.3, 0.4) is 0 Å². The summed E-state index contributed by atoms with van der Waals surface area (Å²) in [4.78, 5) is 37.0. The summed E-state index contributed by atoms with van der Waals surface area (Å²) in [5, 5.41) is 12.4. The molecule has 3 heterocycles. The topological polar surface area (TPSA) is 111 Å². The van der Waals surface area contributed by atoms with Crippen molar-refractivity contribution >= 4 is 24.0 Å². The number of cyclic esters (lactones) is 1. The van der Waals surface area contributed by atoms with E-state index in [9.17, 15) is 9.59 Å². The van der Waals surface area contributed by atoms with Crippen LogP contribution >= 0.6 is 0 Å². The van der Waals surface area contributed by atoms with Crippen molar-refractivity contribution in [3.8, 4) is 0 Å².